The third-order valence-electron chi connectivity index (χ3n) is 11.1. The number of aliphatic carboxylic acids is 4. The predicted molar refractivity (Wildman–Crippen MR) is 240 cm³/mol. The molecule has 1 aromatic rings. The molecule has 1 aliphatic rings. The van der Waals surface area contributed by atoms with Crippen molar-refractivity contribution in [2.45, 2.75) is 77.7 Å². The average Bonchev–Trinajstić information content (AvgIpc) is 3.25. The molecule has 22 nitrogen and oxygen atoms in total. The Balaban J connectivity index is 0.0000224. The van der Waals surface area contributed by atoms with E-state index in [9.17, 15) is 58.8 Å². The molecule has 2 rings (SSSR count). The van der Waals surface area contributed by atoms with Gasteiger partial charge in [-0.15, -0.1) is 0 Å². The number of hydrogen-bond acceptors (Lipinski definition) is 20. The van der Waals surface area contributed by atoms with Gasteiger partial charge in [-0.05, 0) is 58.3 Å². The number of nitrogens with zero attached hydrogens (tertiary/aromatic N) is 5. The molecule has 0 radical (unpaired) electrons. The minimum absolute atomic E-state index is 0. The van der Waals surface area contributed by atoms with Crippen LogP contribution in [0.25, 0.3) is 0 Å². The Morgan fingerprint density at radius 3 is 1.61 bits per heavy atom. The van der Waals surface area contributed by atoms with Crippen LogP contribution in [-0.2, 0) is 54.1 Å². The van der Waals surface area contributed by atoms with E-state index in [2.05, 4.69) is 5.32 Å². The number of nitrogens with one attached hydrogen (secondary N) is 1. The Morgan fingerprint density at radius 2 is 1.13 bits per heavy atom. The van der Waals surface area contributed by atoms with Crippen LogP contribution in [0.2, 0.25) is 0 Å². The van der Waals surface area contributed by atoms with Crippen molar-refractivity contribution in [3.05, 3.63) is 26.0 Å². The Bertz CT molecular complexity index is 1670. The maximum atomic E-state index is 12.6. The summed E-state index contributed by atoms with van der Waals surface area (Å²) in [5.74, 6) is -5.31. The van der Waals surface area contributed by atoms with Crippen molar-refractivity contribution >= 4 is 61.0 Å². The standard InChI is InChI=1S/C44H74N6O16.Ga/c1-3-63-25-9-14-50(34(2)51)30-35(52)10-4-6-23-64-26-28-66-29-27-65-24-7-5-11-36-41(43(60)42(36)59)45-13-8-12-37(44(61)62)49-21-19-47(32-39(55)56)17-15-46(31-38(53)54)16-18-48(20-22-49)33-40(57)58;/h37,45H,3-33H2,1-2H3,(H,53,54)(H,55,56)(H,57,58)(H,61,62);/q;+3/p-3. The van der Waals surface area contributed by atoms with Crippen molar-refractivity contribution in [2.75, 3.05) is 150 Å². The molecular formula is C44H71GaN6O16. The molecule has 1 amide bonds. The van der Waals surface area contributed by atoms with Crippen molar-refractivity contribution in [3.8, 4) is 0 Å². The number of hydrogen-bond donors (Lipinski definition) is 2. The van der Waals surface area contributed by atoms with Gasteiger partial charge in [-0.25, -0.2) is 0 Å². The van der Waals surface area contributed by atoms with Gasteiger partial charge in [0.15, 0.2) is 5.78 Å². The quantitative estimate of drug-likeness (QED) is 0.0363. The maximum absolute atomic E-state index is 12.6. The molecule has 1 aromatic carbocycles. The fourth-order valence-corrected chi connectivity index (χ4v) is 7.44. The third-order valence-corrected chi connectivity index (χ3v) is 11.1. The second-order valence-electron chi connectivity index (χ2n) is 16.2. The summed E-state index contributed by atoms with van der Waals surface area (Å²) < 4.78 is 22.0. The first kappa shape index (κ1) is 61.2. The fourth-order valence-electron chi connectivity index (χ4n) is 7.44. The van der Waals surface area contributed by atoms with E-state index in [1.54, 1.807) is 9.80 Å². The number of unbranched alkanes of at least 4 members (excludes halogenated alkanes) is 2. The van der Waals surface area contributed by atoms with Crippen LogP contribution < -0.4 is 31.5 Å². The monoisotopic (exact) mass is 1010 g/mol. The Labute approximate surface area is 405 Å². The van der Waals surface area contributed by atoms with Crippen LogP contribution >= 0.6 is 0 Å². The zero-order valence-electron chi connectivity index (χ0n) is 39.4. The molecule has 0 aliphatic carbocycles. The number of amides is 1. The number of carbonyl (C=O) groups is 6. The molecule has 67 heavy (non-hydrogen) atoms. The number of carboxylic acid groups (broad SMARTS) is 4. The normalized spacial score (nSPS) is 15.3. The van der Waals surface area contributed by atoms with Crippen LogP contribution in [-0.4, -0.2) is 235 Å². The van der Waals surface area contributed by atoms with Crippen LogP contribution in [0.1, 0.15) is 70.8 Å². The molecule has 1 fully saturated rings. The molecule has 23 heteroatoms. The summed E-state index contributed by atoms with van der Waals surface area (Å²) in [5.41, 5.74) is -0.591. The molecule has 0 aromatic heterocycles. The minimum Gasteiger partial charge on any atom is -0.549 e. The number of carboxylic acids is 4. The maximum Gasteiger partial charge on any atom is 3.00 e. The van der Waals surface area contributed by atoms with Gasteiger partial charge in [0.25, 0.3) is 0 Å². The van der Waals surface area contributed by atoms with Gasteiger partial charge in [0.05, 0.1) is 56.6 Å². The molecule has 1 unspecified atom stereocenters. The van der Waals surface area contributed by atoms with Crippen LogP contribution in [0.3, 0.4) is 0 Å². The molecule has 1 saturated heterocycles. The van der Waals surface area contributed by atoms with Gasteiger partial charge in [-0.2, -0.15) is 0 Å². The average molecular weight is 1010 g/mol. The number of ether oxygens (including phenoxy) is 4. The summed E-state index contributed by atoms with van der Waals surface area (Å²) in [7, 11) is 0. The summed E-state index contributed by atoms with van der Waals surface area (Å²) in [6.07, 6.45) is 4.47. The van der Waals surface area contributed by atoms with Gasteiger partial charge in [-0.1, -0.05) is 0 Å². The van der Waals surface area contributed by atoms with Crippen LogP contribution in [0.4, 0.5) is 5.69 Å². The number of ketones is 1. The van der Waals surface area contributed by atoms with E-state index >= 15 is 0 Å². The van der Waals surface area contributed by atoms with E-state index in [0.717, 1.165) is 6.42 Å². The molecule has 1 heterocycles. The molecule has 2 N–H and O–H groups in total. The van der Waals surface area contributed by atoms with Gasteiger partial charge in [0, 0.05) is 130 Å². The van der Waals surface area contributed by atoms with E-state index in [1.807, 2.05) is 6.92 Å². The molecule has 376 valence electrons. The van der Waals surface area contributed by atoms with Gasteiger partial charge >= 0.3 is 25.8 Å². The van der Waals surface area contributed by atoms with Gasteiger partial charge < -0.3 is 64.0 Å². The van der Waals surface area contributed by atoms with Crippen molar-refractivity contribution in [3.63, 3.8) is 0 Å². The van der Waals surface area contributed by atoms with Gasteiger partial charge in [-0.3, -0.25) is 43.6 Å². The summed E-state index contributed by atoms with van der Waals surface area (Å²) in [5, 5.41) is 47.6. The SMILES string of the molecule is CCOCCCN(CC(=O)CCCCOCCOCCOCCCCc1c(NCCCC(C(=O)O)N2CCN(CC(=O)[O-])CCN(CC(=O)[O-])CCN(CC(=O)[O-])CC2)c(=O)c1=O)C(C)=O.[Ga+3]. The fraction of sp³-hybridized carbons (Fsp3) is 0.773. The zero-order valence-corrected chi connectivity index (χ0v) is 41.8. The molecular weight excluding hydrogens is 938 g/mol. The van der Waals surface area contributed by atoms with Crippen LogP contribution in [0, 0.1) is 0 Å². The molecule has 0 spiro atoms. The first-order chi connectivity index (χ1) is 31.6. The van der Waals surface area contributed by atoms with Crippen molar-refractivity contribution in [1.82, 2.24) is 24.5 Å². The van der Waals surface area contributed by atoms with E-state index in [4.69, 9.17) is 18.9 Å². The summed E-state index contributed by atoms with van der Waals surface area (Å²) in [6.45, 7) is 7.34. The first-order valence-corrected chi connectivity index (χ1v) is 23.0. The topological polar surface area (TPSA) is 291 Å². The van der Waals surface area contributed by atoms with Gasteiger partial charge in [0.2, 0.25) is 16.8 Å². The first-order valence-electron chi connectivity index (χ1n) is 23.0. The molecule has 1 atom stereocenters. The number of carbonyl (C=O) groups excluding carboxylic acids is 5. The molecule has 0 bridgehead atoms. The minimum atomic E-state index is -1.36. The second-order valence-corrected chi connectivity index (χ2v) is 16.2. The van der Waals surface area contributed by atoms with E-state index < -0.39 is 60.4 Å². The van der Waals surface area contributed by atoms with E-state index in [1.165, 1.54) is 21.6 Å². The van der Waals surface area contributed by atoms with Crippen molar-refractivity contribution in [1.29, 1.82) is 0 Å². The second kappa shape index (κ2) is 36.2. The summed E-state index contributed by atoms with van der Waals surface area (Å²) in [4.78, 5) is 104. The third kappa shape index (κ3) is 27.1. The Morgan fingerprint density at radius 1 is 0.657 bits per heavy atom. The Kier molecular flexibility index (Phi) is 33.1. The van der Waals surface area contributed by atoms with Crippen LogP contribution in [0.15, 0.2) is 9.59 Å². The predicted octanol–water partition coefficient (Wildman–Crippen LogP) is -4.59. The van der Waals surface area contributed by atoms with Crippen molar-refractivity contribution in [2.24, 2.45) is 0 Å². The van der Waals surface area contributed by atoms with Crippen LogP contribution in [0.5, 0.6) is 0 Å². The van der Waals surface area contributed by atoms with E-state index in [-0.39, 0.29) is 109 Å². The smallest absolute Gasteiger partial charge is 0.549 e. The largest absolute Gasteiger partial charge is 3.00 e. The number of anilines is 1. The Hall–Kier alpha value is -3.78. The number of Topliss-reactive ketones (excluding diaryl/α,β-unsaturated/α-hetero) is 1. The zero-order chi connectivity index (χ0) is 48.7. The van der Waals surface area contributed by atoms with Gasteiger partial charge in [0.1, 0.15) is 6.04 Å². The van der Waals surface area contributed by atoms with Crippen molar-refractivity contribution < 1.29 is 68.1 Å². The number of rotatable bonds is 36. The van der Waals surface area contributed by atoms with E-state index in [0.29, 0.717) is 110 Å². The summed E-state index contributed by atoms with van der Waals surface area (Å²) >= 11 is 0. The summed E-state index contributed by atoms with van der Waals surface area (Å²) in [6, 6.07) is -1.05. The molecule has 0 saturated carbocycles. The molecule has 1 aliphatic heterocycles.